The Balaban J connectivity index is 2.09. The number of carbonyl (C=O) groups is 1. The van der Waals surface area contributed by atoms with Gasteiger partial charge in [-0.3, -0.25) is 4.79 Å². The van der Waals surface area contributed by atoms with E-state index in [1.807, 2.05) is 16.7 Å². The SMILES string of the molecule is CC1CN(C(=O)c2ccc(F)cc2)CCS1. The van der Waals surface area contributed by atoms with Crippen molar-refractivity contribution in [3.8, 4) is 0 Å². The minimum absolute atomic E-state index is 0.00662. The first-order chi connectivity index (χ1) is 7.66. The second-order valence-corrected chi connectivity index (χ2v) is 5.49. The molecule has 1 heterocycles. The molecule has 1 saturated heterocycles. The van der Waals surface area contributed by atoms with Crippen LogP contribution in [0.1, 0.15) is 17.3 Å². The summed E-state index contributed by atoms with van der Waals surface area (Å²) >= 11 is 1.88. The molecule has 1 atom stereocenters. The molecular formula is C12H14FNOS. The summed E-state index contributed by atoms with van der Waals surface area (Å²) in [6.45, 7) is 3.68. The average molecular weight is 239 g/mol. The quantitative estimate of drug-likeness (QED) is 0.750. The van der Waals surface area contributed by atoms with Crippen molar-refractivity contribution in [1.29, 1.82) is 0 Å². The molecule has 86 valence electrons. The van der Waals surface area contributed by atoms with E-state index in [1.165, 1.54) is 12.1 Å². The molecule has 0 spiro atoms. The highest BCUT2D eigenvalue weighted by atomic mass is 32.2. The monoisotopic (exact) mass is 239 g/mol. The fraction of sp³-hybridized carbons (Fsp3) is 0.417. The van der Waals surface area contributed by atoms with Crippen molar-refractivity contribution in [3.05, 3.63) is 35.6 Å². The second kappa shape index (κ2) is 4.87. The Labute approximate surface area is 98.8 Å². The van der Waals surface area contributed by atoms with Gasteiger partial charge in [-0.1, -0.05) is 6.92 Å². The lowest BCUT2D eigenvalue weighted by Gasteiger charge is -2.30. The Morgan fingerprint density at radius 1 is 1.44 bits per heavy atom. The summed E-state index contributed by atoms with van der Waals surface area (Å²) in [7, 11) is 0. The molecule has 0 aliphatic carbocycles. The molecular weight excluding hydrogens is 225 g/mol. The van der Waals surface area contributed by atoms with Crippen LogP contribution >= 0.6 is 11.8 Å². The van der Waals surface area contributed by atoms with Gasteiger partial charge in [0.15, 0.2) is 0 Å². The molecule has 1 aliphatic rings. The second-order valence-electron chi connectivity index (χ2n) is 3.94. The molecule has 0 aromatic heterocycles. The Hall–Kier alpha value is -1.03. The van der Waals surface area contributed by atoms with Crippen molar-refractivity contribution < 1.29 is 9.18 Å². The number of halogens is 1. The Morgan fingerprint density at radius 3 is 2.75 bits per heavy atom. The van der Waals surface area contributed by atoms with E-state index in [9.17, 15) is 9.18 Å². The van der Waals surface area contributed by atoms with Crippen LogP contribution in [0.3, 0.4) is 0 Å². The van der Waals surface area contributed by atoms with Gasteiger partial charge in [-0.25, -0.2) is 4.39 Å². The predicted octanol–water partition coefficient (Wildman–Crippen LogP) is 2.40. The maximum atomic E-state index is 12.7. The van der Waals surface area contributed by atoms with Crippen molar-refractivity contribution >= 4 is 17.7 Å². The van der Waals surface area contributed by atoms with Crippen molar-refractivity contribution in [3.63, 3.8) is 0 Å². The summed E-state index contributed by atoms with van der Waals surface area (Å²) < 4.78 is 12.7. The number of carbonyl (C=O) groups excluding carboxylic acids is 1. The molecule has 1 aromatic rings. The molecule has 1 aromatic carbocycles. The number of hydrogen-bond acceptors (Lipinski definition) is 2. The zero-order valence-electron chi connectivity index (χ0n) is 9.15. The fourth-order valence-corrected chi connectivity index (χ4v) is 2.79. The van der Waals surface area contributed by atoms with Crippen LogP contribution in [0, 0.1) is 5.82 Å². The van der Waals surface area contributed by atoms with Gasteiger partial charge in [-0.2, -0.15) is 11.8 Å². The van der Waals surface area contributed by atoms with Gasteiger partial charge in [-0.05, 0) is 24.3 Å². The Kier molecular flexibility index (Phi) is 3.49. The van der Waals surface area contributed by atoms with E-state index in [2.05, 4.69) is 6.92 Å². The fourth-order valence-electron chi connectivity index (χ4n) is 1.78. The molecule has 0 saturated carbocycles. The van der Waals surface area contributed by atoms with Gasteiger partial charge in [0.1, 0.15) is 5.82 Å². The summed E-state index contributed by atoms with van der Waals surface area (Å²) in [4.78, 5) is 13.9. The minimum atomic E-state index is -0.306. The molecule has 1 fully saturated rings. The third-order valence-electron chi connectivity index (χ3n) is 2.62. The highest BCUT2D eigenvalue weighted by molar-refractivity contribution is 7.99. The van der Waals surface area contributed by atoms with E-state index >= 15 is 0 Å². The third kappa shape index (κ3) is 2.55. The maximum Gasteiger partial charge on any atom is 0.253 e. The average Bonchev–Trinajstić information content (AvgIpc) is 2.29. The molecule has 4 heteroatoms. The van der Waals surface area contributed by atoms with Crippen LogP contribution in [0.4, 0.5) is 4.39 Å². The van der Waals surface area contributed by atoms with Gasteiger partial charge in [-0.15, -0.1) is 0 Å². The van der Waals surface area contributed by atoms with E-state index in [0.717, 1.165) is 18.8 Å². The van der Waals surface area contributed by atoms with Crippen LogP contribution in [0.15, 0.2) is 24.3 Å². The molecule has 0 bridgehead atoms. The number of benzene rings is 1. The van der Waals surface area contributed by atoms with E-state index in [0.29, 0.717) is 10.8 Å². The molecule has 0 radical (unpaired) electrons. The van der Waals surface area contributed by atoms with Crippen LogP contribution in [-0.2, 0) is 0 Å². The largest absolute Gasteiger partial charge is 0.337 e. The van der Waals surface area contributed by atoms with Crippen LogP contribution < -0.4 is 0 Å². The summed E-state index contributed by atoms with van der Waals surface area (Å²) in [5, 5.41) is 0.484. The highest BCUT2D eigenvalue weighted by Crippen LogP contribution is 2.19. The Morgan fingerprint density at radius 2 is 2.12 bits per heavy atom. The first-order valence-corrected chi connectivity index (χ1v) is 6.38. The van der Waals surface area contributed by atoms with Crippen LogP contribution in [-0.4, -0.2) is 34.9 Å². The first kappa shape index (κ1) is 11.5. The van der Waals surface area contributed by atoms with Gasteiger partial charge in [0.05, 0.1) is 0 Å². The van der Waals surface area contributed by atoms with E-state index in [1.54, 1.807) is 12.1 Å². The topological polar surface area (TPSA) is 20.3 Å². The maximum absolute atomic E-state index is 12.7. The van der Waals surface area contributed by atoms with Crippen LogP contribution in [0.25, 0.3) is 0 Å². The number of hydrogen-bond donors (Lipinski definition) is 0. The first-order valence-electron chi connectivity index (χ1n) is 5.33. The molecule has 2 nitrogen and oxygen atoms in total. The molecule has 16 heavy (non-hydrogen) atoms. The van der Waals surface area contributed by atoms with Crippen molar-refractivity contribution in [1.82, 2.24) is 4.90 Å². The van der Waals surface area contributed by atoms with E-state index in [-0.39, 0.29) is 11.7 Å². The van der Waals surface area contributed by atoms with Gasteiger partial charge in [0.25, 0.3) is 5.91 Å². The number of thioether (sulfide) groups is 1. The molecule has 1 unspecified atom stereocenters. The number of nitrogens with zero attached hydrogens (tertiary/aromatic N) is 1. The smallest absolute Gasteiger partial charge is 0.253 e. The summed E-state index contributed by atoms with van der Waals surface area (Å²) in [5.74, 6) is 0.681. The minimum Gasteiger partial charge on any atom is -0.337 e. The zero-order chi connectivity index (χ0) is 11.5. The standard InChI is InChI=1S/C12H14FNOS/c1-9-8-14(6-7-16-9)12(15)10-2-4-11(13)5-3-10/h2-5,9H,6-8H2,1H3. The van der Waals surface area contributed by atoms with E-state index < -0.39 is 0 Å². The normalized spacial score (nSPS) is 20.9. The van der Waals surface area contributed by atoms with Gasteiger partial charge >= 0.3 is 0 Å². The Bertz CT molecular complexity index is 379. The lowest BCUT2D eigenvalue weighted by molar-refractivity contribution is 0.0763. The van der Waals surface area contributed by atoms with Crippen molar-refractivity contribution in [2.45, 2.75) is 12.2 Å². The van der Waals surface area contributed by atoms with Gasteiger partial charge in [0.2, 0.25) is 0 Å². The highest BCUT2D eigenvalue weighted by Gasteiger charge is 2.22. The summed E-state index contributed by atoms with van der Waals surface area (Å²) in [6.07, 6.45) is 0. The predicted molar refractivity (Wildman–Crippen MR) is 64.2 cm³/mol. The molecule has 1 amide bonds. The number of amides is 1. The summed E-state index contributed by atoms with van der Waals surface area (Å²) in [6, 6.07) is 5.75. The van der Waals surface area contributed by atoms with Crippen LogP contribution in [0.5, 0.6) is 0 Å². The molecule has 1 aliphatic heterocycles. The zero-order valence-corrected chi connectivity index (χ0v) is 9.97. The van der Waals surface area contributed by atoms with Gasteiger partial charge in [0, 0.05) is 29.7 Å². The number of rotatable bonds is 1. The molecule has 0 N–H and O–H groups in total. The van der Waals surface area contributed by atoms with Gasteiger partial charge < -0.3 is 4.90 Å². The van der Waals surface area contributed by atoms with E-state index in [4.69, 9.17) is 0 Å². The van der Waals surface area contributed by atoms with Crippen LogP contribution in [0.2, 0.25) is 0 Å². The molecule has 2 rings (SSSR count). The summed E-state index contributed by atoms with van der Waals surface area (Å²) in [5.41, 5.74) is 0.570. The lowest BCUT2D eigenvalue weighted by Crippen LogP contribution is -2.41. The van der Waals surface area contributed by atoms with Crippen molar-refractivity contribution in [2.24, 2.45) is 0 Å². The third-order valence-corrected chi connectivity index (χ3v) is 3.76. The van der Waals surface area contributed by atoms with Crippen molar-refractivity contribution in [2.75, 3.05) is 18.8 Å². The lowest BCUT2D eigenvalue weighted by atomic mass is 10.2.